The van der Waals surface area contributed by atoms with Gasteiger partial charge in [-0.3, -0.25) is 14.2 Å². The van der Waals surface area contributed by atoms with Gasteiger partial charge < -0.3 is 20.4 Å². The highest BCUT2D eigenvalue weighted by atomic mass is 19.2. The third-order valence-electron chi connectivity index (χ3n) is 6.80. The Hall–Kier alpha value is -3.74. The van der Waals surface area contributed by atoms with E-state index in [9.17, 15) is 36.3 Å². The number of benzene rings is 2. The van der Waals surface area contributed by atoms with E-state index in [0.29, 0.717) is 24.2 Å². The molecule has 38 heavy (non-hydrogen) atoms. The van der Waals surface area contributed by atoms with Crippen molar-refractivity contribution in [2.45, 2.75) is 45.8 Å². The number of hydrogen-bond acceptors (Lipinski definition) is 4. The van der Waals surface area contributed by atoms with Crippen LogP contribution >= 0.6 is 0 Å². The molecule has 1 aliphatic rings. The normalized spacial score (nSPS) is 15.4. The van der Waals surface area contributed by atoms with E-state index in [1.165, 1.54) is 4.90 Å². The average molecular weight is 540 g/mol. The Balaban J connectivity index is 1.80. The smallest absolute Gasteiger partial charge is 0.326 e. The number of rotatable bonds is 8. The number of halogens is 5. The molecule has 2 aromatic carbocycles. The number of hydrogen-bond donors (Lipinski definition) is 2. The number of primary amides is 1. The average Bonchev–Trinajstić information content (AvgIpc) is 3.48. The maximum absolute atomic E-state index is 14.4. The molecule has 1 fully saturated rings. The lowest BCUT2D eigenvalue weighted by atomic mass is 9.98. The Bertz CT molecular complexity index is 1460. The Morgan fingerprint density at radius 3 is 2.29 bits per heavy atom. The van der Waals surface area contributed by atoms with Crippen LogP contribution in [0.4, 0.5) is 22.0 Å². The maximum atomic E-state index is 14.4. The minimum atomic E-state index is -2.31. The lowest BCUT2D eigenvalue weighted by Gasteiger charge is -2.25. The summed E-state index contributed by atoms with van der Waals surface area (Å²) in [5, 5.41) is 0. The lowest BCUT2D eigenvalue weighted by Crippen LogP contribution is -2.43. The number of ether oxygens (including phenoxy) is 1. The van der Waals surface area contributed by atoms with Crippen LogP contribution in [0.5, 0.6) is 0 Å². The SMILES string of the molecule is Cc1cc2[nH]c(=O)n(Cc3c(F)c(F)c(F)c(F)c3F)c2c(CC(=O)N(CC(N)=O)CC2CCCO2)c1C. The van der Waals surface area contributed by atoms with Crippen LogP contribution < -0.4 is 11.4 Å². The Kier molecular flexibility index (Phi) is 7.58. The molecule has 0 bridgehead atoms. The Labute approximate surface area is 213 Å². The zero-order valence-corrected chi connectivity index (χ0v) is 20.6. The molecule has 1 aliphatic heterocycles. The minimum absolute atomic E-state index is 0.0616. The van der Waals surface area contributed by atoms with Crippen molar-refractivity contribution in [3.05, 3.63) is 67.9 Å². The van der Waals surface area contributed by atoms with Gasteiger partial charge in [0.15, 0.2) is 23.3 Å². The molecular weight excluding hydrogens is 515 g/mol. The molecule has 4 rings (SSSR count). The summed E-state index contributed by atoms with van der Waals surface area (Å²) in [6.07, 6.45) is 0.874. The van der Waals surface area contributed by atoms with Crippen molar-refractivity contribution in [3.8, 4) is 0 Å². The zero-order chi connectivity index (χ0) is 27.9. The number of aryl methyl sites for hydroxylation is 1. The molecule has 1 aromatic heterocycles. The minimum Gasteiger partial charge on any atom is -0.376 e. The third-order valence-corrected chi connectivity index (χ3v) is 6.80. The van der Waals surface area contributed by atoms with E-state index < -0.39 is 58.7 Å². The highest BCUT2D eigenvalue weighted by Gasteiger charge is 2.29. The second-order valence-electron chi connectivity index (χ2n) is 9.31. The molecule has 1 saturated heterocycles. The fourth-order valence-electron chi connectivity index (χ4n) is 4.71. The molecule has 0 saturated carbocycles. The molecule has 0 aliphatic carbocycles. The molecule has 2 heterocycles. The van der Waals surface area contributed by atoms with Gasteiger partial charge in [-0.15, -0.1) is 0 Å². The monoisotopic (exact) mass is 540 g/mol. The number of imidazole rings is 1. The number of amides is 2. The van der Waals surface area contributed by atoms with Crippen LogP contribution in [-0.4, -0.2) is 52.1 Å². The number of fused-ring (bicyclic) bond motifs is 1. The molecule has 204 valence electrons. The Morgan fingerprint density at radius 2 is 1.71 bits per heavy atom. The van der Waals surface area contributed by atoms with Crippen LogP contribution in [0.3, 0.4) is 0 Å². The van der Waals surface area contributed by atoms with Crippen molar-refractivity contribution >= 4 is 22.8 Å². The summed E-state index contributed by atoms with van der Waals surface area (Å²) >= 11 is 0. The van der Waals surface area contributed by atoms with E-state index in [1.807, 2.05) is 0 Å². The number of aromatic amines is 1. The molecule has 8 nitrogen and oxygen atoms in total. The van der Waals surface area contributed by atoms with Gasteiger partial charge >= 0.3 is 5.69 Å². The molecular formula is C25H25F5N4O4. The van der Waals surface area contributed by atoms with E-state index in [-0.39, 0.29) is 42.2 Å². The first-order valence-corrected chi connectivity index (χ1v) is 11.8. The van der Waals surface area contributed by atoms with Crippen molar-refractivity contribution in [1.29, 1.82) is 0 Å². The number of nitrogens with one attached hydrogen (secondary N) is 1. The first kappa shape index (κ1) is 27.3. The highest BCUT2D eigenvalue weighted by Crippen LogP contribution is 2.28. The fraction of sp³-hybridized carbons (Fsp3) is 0.400. The summed E-state index contributed by atoms with van der Waals surface area (Å²) in [5.41, 5.74) is 5.04. The summed E-state index contributed by atoms with van der Waals surface area (Å²) in [7, 11) is 0. The summed E-state index contributed by atoms with van der Waals surface area (Å²) in [5.74, 6) is -12.0. The molecule has 3 N–H and O–H groups in total. The van der Waals surface area contributed by atoms with Gasteiger partial charge in [0.05, 0.1) is 36.6 Å². The third kappa shape index (κ3) is 5.02. The van der Waals surface area contributed by atoms with Crippen molar-refractivity contribution in [2.24, 2.45) is 5.73 Å². The number of carbonyl (C=O) groups excluding carboxylic acids is 2. The number of nitrogens with zero attached hydrogens (tertiary/aromatic N) is 2. The van der Waals surface area contributed by atoms with Gasteiger partial charge in [0, 0.05) is 18.7 Å². The summed E-state index contributed by atoms with van der Waals surface area (Å²) < 4.78 is 76.4. The van der Waals surface area contributed by atoms with Crippen molar-refractivity contribution in [1.82, 2.24) is 14.5 Å². The molecule has 1 unspecified atom stereocenters. The molecule has 1 atom stereocenters. The maximum Gasteiger partial charge on any atom is 0.326 e. The molecule has 13 heteroatoms. The first-order valence-electron chi connectivity index (χ1n) is 11.8. The second kappa shape index (κ2) is 10.6. The van der Waals surface area contributed by atoms with Crippen LogP contribution in [0, 0.1) is 42.9 Å². The standard InChI is InChI=1S/C25H25F5N4O4/c1-11-6-16-24(34(25(37)32-16)9-15-19(26)21(28)23(30)22(29)20(15)27)14(12(11)2)7-18(36)33(10-17(31)35)8-13-4-3-5-38-13/h6,13H,3-5,7-10H2,1-2H3,(H2,31,35)(H,32,37). The van der Waals surface area contributed by atoms with Gasteiger partial charge in [-0.25, -0.2) is 26.7 Å². The van der Waals surface area contributed by atoms with Crippen molar-refractivity contribution in [3.63, 3.8) is 0 Å². The second-order valence-corrected chi connectivity index (χ2v) is 9.31. The van der Waals surface area contributed by atoms with E-state index in [4.69, 9.17) is 10.5 Å². The number of carbonyl (C=O) groups is 2. The van der Waals surface area contributed by atoms with Crippen molar-refractivity contribution in [2.75, 3.05) is 19.7 Å². The molecule has 0 spiro atoms. The van der Waals surface area contributed by atoms with Gasteiger partial charge in [-0.05, 0) is 49.4 Å². The summed E-state index contributed by atoms with van der Waals surface area (Å²) in [6, 6.07) is 1.57. The molecule has 0 radical (unpaired) electrons. The fourth-order valence-corrected chi connectivity index (χ4v) is 4.71. The van der Waals surface area contributed by atoms with Crippen LogP contribution in [0.25, 0.3) is 11.0 Å². The van der Waals surface area contributed by atoms with Crippen molar-refractivity contribution < 1.29 is 36.3 Å². The van der Waals surface area contributed by atoms with Gasteiger partial charge in [0.1, 0.15) is 0 Å². The van der Waals surface area contributed by atoms with Gasteiger partial charge in [0.2, 0.25) is 17.6 Å². The van der Waals surface area contributed by atoms with Gasteiger partial charge in [-0.1, -0.05) is 0 Å². The zero-order valence-electron chi connectivity index (χ0n) is 20.6. The molecule has 3 aromatic rings. The van der Waals surface area contributed by atoms with E-state index >= 15 is 0 Å². The Morgan fingerprint density at radius 1 is 1.08 bits per heavy atom. The van der Waals surface area contributed by atoms with Gasteiger partial charge in [0.25, 0.3) is 0 Å². The number of nitrogens with two attached hydrogens (primary N) is 1. The predicted molar refractivity (Wildman–Crippen MR) is 126 cm³/mol. The van der Waals surface area contributed by atoms with Crippen LogP contribution in [0.2, 0.25) is 0 Å². The largest absolute Gasteiger partial charge is 0.376 e. The van der Waals surface area contributed by atoms with E-state index in [1.54, 1.807) is 19.9 Å². The molecule has 2 amide bonds. The first-order chi connectivity index (χ1) is 17.9. The number of H-pyrrole nitrogens is 1. The quantitative estimate of drug-likeness (QED) is 0.260. The lowest BCUT2D eigenvalue weighted by molar-refractivity contribution is -0.136. The predicted octanol–water partition coefficient (Wildman–Crippen LogP) is 2.73. The summed E-state index contributed by atoms with van der Waals surface area (Å²) in [6.45, 7) is 2.65. The van der Waals surface area contributed by atoms with Crippen LogP contribution in [-0.2, 0) is 27.3 Å². The van der Waals surface area contributed by atoms with E-state index in [0.717, 1.165) is 11.0 Å². The van der Waals surface area contributed by atoms with Crippen LogP contribution in [0.1, 0.15) is 35.1 Å². The summed E-state index contributed by atoms with van der Waals surface area (Å²) in [4.78, 5) is 41.6. The van der Waals surface area contributed by atoms with E-state index in [2.05, 4.69) is 4.98 Å². The van der Waals surface area contributed by atoms with Crippen LogP contribution in [0.15, 0.2) is 10.9 Å². The number of aromatic nitrogens is 2. The van der Waals surface area contributed by atoms with Gasteiger partial charge in [-0.2, -0.15) is 0 Å². The highest BCUT2D eigenvalue weighted by molar-refractivity contribution is 5.90. The topological polar surface area (TPSA) is 110 Å².